The Morgan fingerprint density at radius 3 is 1.95 bits per heavy atom. The maximum atomic E-state index is 8.83. The molecule has 0 amide bonds. The number of aliphatic hydroxyl groups is 2. The molecule has 0 saturated heterocycles. The topological polar surface area (TPSA) is 58.9 Å². The average Bonchev–Trinajstić information content (AvgIpc) is 2.39. The van der Waals surface area contributed by atoms with E-state index in [1.54, 1.807) is 0 Å². The van der Waals surface area contributed by atoms with Gasteiger partial charge in [0.1, 0.15) is 0 Å². The van der Waals surface area contributed by atoms with Gasteiger partial charge in [-0.25, -0.2) is 0 Å². The fourth-order valence-corrected chi connectivity index (χ4v) is 1.70. The van der Waals surface area contributed by atoms with Crippen LogP contribution in [-0.2, 0) is 5.41 Å². The zero-order valence-electron chi connectivity index (χ0n) is 12.7. The van der Waals surface area contributed by atoms with Crippen molar-refractivity contribution >= 4 is 0 Å². The molecule has 20 heavy (non-hydrogen) atoms. The first-order chi connectivity index (χ1) is 9.49. The van der Waals surface area contributed by atoms with Crippen molar-refractivity contribution < 1.29 is 19.7 Å². The first kappa shape index (κ1) is 16.8. The van der Waals surface area contributed by atoms with Gasteiger partial charge in [-0.2, -0.15) is 0 Å². The van der Waals surface area contributed by atoms with E-state index >= 15 is 0 Å². The normalized spacial score (nSPS) is 11.4. The third-order valence-corrected chi connectivity index (χ3v) is 2.93. The Labute approximate surface area is 121 Å². The quantitative estimate of drug-likeness (QED) is 0.719. The molecule has 4 heteroatoms. The summed E-state index contributed by atoms with van der Waals surface area (Å²) in [5, 5.41) is 17.6. The van der Waals surface area contributed by atoms with E-state index in [0.29, 0.717) is 37.6 Å². The molecule has 0 saturated carbocycles. The fourth-order valence-electron chi connectivity index (χ4n) is 1.70. The summed E-state index contributed by atoms with van der Waals surface area (Å²) in [6, 6.07) is 5.94. The van der Waals surface area contributed by atoms with Crippen LogP contribution in [0.25, 0.3) is 0 Å². The largest absolute Gasteiger partial charge is 0.490 e. The van der Waals surface area contributed by atoms with E-state index in [4.69, 9.17) is 19.7 Å². The van der Waals surface area contributed by atoms with E-state index in [-0.39, 0.29) is 18.6 Å². The highest BCUT2D eigenvalue weighted by atomic mass is 16.5. The first-order valence-corrected chi connectivity index (χ1v) is 7.11. The van der Waals surface area contributed by atoms with Crippen molar-refractivity contribution in [3.63, 3.8) is 0 Å². The lowest BCUT2D eigenvalue weighted by Crippen LogP contribution is -2.12. The van der Waals surface area contributed by atoms with Gasteiger partial charge in [0.25, 0.3) is 0 Å². The molecule has 0 aliphatic heterocycles. The summed E-state index contributed by atoms with van der Waals surface area (Å²) in [4.78, 5) is 0. The minimum absolute atomic E-state index is 0.0404. The number of hydrogen-bond acceptors (Lipinski definition) is 4. The molecule has 0 aromatic heterocycles. The van der Waals surface area contributed by atoms with Crippen LogP contribution in [0, 0.1) is 0 Å². The van der Waals surface area contributed by atoms with Gasteiger partial charge >= 0.3 is 0 Å². The second kappa shape index (κ2) is 8.12. The number of ether oxygens (including phenoxy) is 2. The maximum absolute atomic E-state index is 8.83. The Morgan fingerprint density at radius 1 is 0.900 bits per heavy atom. The predicted octanol–water partition coefficient (Wildman–Crippen LogP) is 2.51. The van der Waals surface area contributed by atoms with Crippen LogP contribution < -0.4 is 9.47 Å². The number of rotatable bonds is 8. The van der Waals surface area contributed by atoms with E-state index in [2.05, 4.69) is 20.8 Å². The highest BCUT2D eigenvalue weighted by Gasteiger charge is 2.16. The summed E-state index contributed by atoms with van der Waals surface area (Å²) in [5.74, 6) is 1.38. The van der Waals surface area contributed by atoms with Crippen LogP contribution in [0.15, 0.2) is 18.2 Å². The van der Waals surface area contributed by atoms with Crippen molar-refractivity contribution in [2.45, 2.75) is 39.0 Å². The monoisotopic (exact) mass is 282 g/mol. The van der Waals surface area contributed by atoms with E-state index in [0.717, 1.165) is 0 Å². The third-order valence-electron chi connectivity index (χ3n) is 2.93. The molecule has 0 bridgehead atoms. The van der Waals surface area contributed by atoms with Crippen LogP contribution in [0.3, 0.4) is 0 Å². The van der Waals surface area contributed by atoms with Gasteiger partial charge in [-0.1, -0.05) is 26.8 Å². The molecule has 0 unspecified atom stereocenters. The van der Waals surface area contributed by atoms with E-state index in [1.807, 2.05) is 18.2 Å². The molecule has 0 fully saturated rings. The molecule has 0 aliphatic carbocycles. The van der Waals surface area contributed by atoms with Gasteiger partial charge in [0.2, 0.25) is 0 Å². The highest BCUT2D eigenvalue weighted by Crippen LogP contribution is 2.33. The third kappa shape index (κ3) is 5.39. The number of benzene rings is 1. The standard InChI is InChI=1S/C16H26O4/c1-16(2,3)13-6-7-14(19-10-4-8-17)15(12-13)20-11-5-9-18/h6-7,12,17-18H,4-5,8-11H2,1-3H3. The van der Waals surface area contributed by atoms with Crippen LogP contribution in [0.1, 0.15) is 39.2 Å². The Balaban J connectivity index is 2.85. The maximum Gasteiger partial charge on any atom is 0.161 e. The highest BCUT2D eigenvalue weighted by molar-refractivity contribution is 5.44. The molecule has 2 N–H and O–H groups in total. The average molecular weight is 282 g/mol. The summed E-state index contributed by atoms with van der Waals surface area (Å²) in [6.45, 7) is 7.58. The SMILES string of the molecule is CC(C)(C)c1ccc(OCCCO)c(OCCCO)c1. The van der Waals surface area contributed by atoms with Crippen LogP contribution in [0.2, 0.25) is 0 Å². The van der Waals surface area contributed by atoms with E-state index < -0.39 is 0 Å². The van der Waals surface area contributed by atoms with Crippen molar-refractivity contribution in [1.29, 1.82) is 0 Å². The molecule has 0 heterocycles. The van der Waals surface area contributed by atoms with Crippen LogP contribution in [0.5, 0.6) is 11.5 Å². The van der Waals surface area contributed by atoms with E-state index in [9.17, 15) is 0 Å². The Hall–Kier alpha value is -1.26. The van der Waals surface area contributed by atoms with Crippen molar-refractivity contribution in [3.05, 3.63) is 23.8 Å². The molecule has 114 valence electrons. The van der Waals surface area contributed by atoms with Crippen LogP contribution in [-0.4, -0.2) is 36.6 Å². The van der Waals surface area contributed by atoms with Gasteiger partial charge in [0, 0.05) is 26.1 Å². The Kier molecular flexibility index (Phi) is 6.82. The van der Waals surface area contributed by atoms with Crippen LogP contribution in [0.4, 0.5) is 0 Å². The minimum atomic E-state index is 0.0404. The molecular weight excluding hydrogens is 256 g/mol. The van der Waals surface area contributed by atoms with Gasteiger partial charge in [-0.3, -0.25) is 0 Å². The molecule has 1 aromatic carbocycles. The molecule has 0 spiro atoms. The summed E-state index contributed by atoms with van der Waals surface area (Å²) < 4.78 is 11.3. The number of hydrogen-bond donors (Lipinski definition) is 2. The molecule has 0 atom stereocenters. The second-order valence-electron chi connectivity index (χ2n) is 5.76. The minimum Gasteiger partial charge on any atom is -0.490 e. The lowest BCUT2D eigenvalue weighted by atomic mass is 9.87. The van der Waals surface area contributed by atoms with Crippen molar-refractivity contribution in [1.82, 2.24) is 0 Å². The molecule has 0 aliphatic rings. The Bertz CT molecular complexity index is 396. The lowest BCUT2D eigenvalue weighted by molar-refractivity contribution is 0.211. The van der Waals surface area contributed by atoms with Gasteiger partial charge in [0.05, 0.1) is 13.2 Å². The van der Waals surface area contributed by atoms with Gasteiger partial charge in [-0.15, -0.1) is 0 Å². The Morgan fingerprint density at radius 2 is 1.45 bits per heavy atom. The number of aliphatic hydroxyl groups excluding tert-OH is 2. The summed E-state index contributed by atoms with van der Waals surface area (Å²) in [5.41, 5.74) is 1.21. The van der Waals surface area contributed by atoms with Crippen molar-refractivity contribution in [2.75, 3.05) is 26.4 Å². The lowest BCUT2D eigenvalue weighted by Gasteiger charge is -2.21. The second-order valence-corrected chi connectivity index (χ2v) is 5.76. The summed E-state index contributed by atoms with van der Waals surface area (Å²) in [7, 11) is 0. The van der Waals surface area contributed by atoms with E-state index in [1.165, 1.54) is 5.56 Å². The molecular formula is C16H26O4. The molecule has 0 radical (unpaired) electrons. The van der Waals surface area contributed by atoms with Crippen molar-refractivity contribution in [3.8, 4) is 11.5 Å². The zero-order valence-corrected chi connectivity index (χ0v) is 12.7. The summed E-state index contributed by atoms with van der Waals surface area (Å²) in [6.07, 6.45) is 1.19. The first-order valence-electron chi connectivity index (χ1n) is 7.11. The van der Waals surface area contributed by atoms with Gasteiger partial charge < -0.3 is 19.7 Å². The predicted molar refractivity (Wildman–Crippen MR) is 79.5 cm³/mol. The zero-order chi connectivity index (χ0) is 15.0. The summed E-state index contributed by atoms with van der Waals surface area (Å²) >= 11 is 0. The molecule has 1 rings (SSSR count). The molecule has 4 nitrogen and oxygen atoms in total. The van der Waals surface area contributed by atoms with Crippen LogP contribution >= 0.6 is 0 Å². The molecule has 1 aromatic rings. The smallest absolute Gasteiger partial charge is 0.161 e. The fraction of sp³-hybridized carbons (Fsp3) is 0.625. The van der Waals surface area contributed by atoms with Gasteiger partial charge in [0.15, 0.2) is 11.5 Å². The van der Waals surface area contributed by atoms with Gasteiger partial charge in [-0.05, 0) is 23.1 Å². The van der Waals surface area contributed by atoms with Crippen molar-refractivity contribution in [2.24, 2.45) is 0 Å².